The number of piperidine rings is 1. The van der Waals surface area contributed by atoms with E-state index in [0.717, 1.165) is 32.4 Å². The SMILES string of the molecule is CCC1(CO)CCN(CC(=O)N(C(C)C)C(C)C)CC1. The number of carbonyl (C=O) groups is 1. The highest BCUT2D eigenvalue weighted by atomic mass is 16.3. The predicted octanol–water partition coefficient (Wildman–Crippen LogP) is 2.12. The molecule has 1 aliphatic rings. The lowest BCUT2D eigenvalue weighted by Gasteiger charge is -2.41. The van der Waals surface area contributed by atoms with Crippen LogP contribution in [0.1, 0.15) is 53.9 Å². The molecule has 1 amide bonds. The summed E-state index contributed by atoms with van der Waals surface area (Å²) >= 11 is 0. The maximum Gasteiger partial charge on any atom is 0.237 e. The minimum Gasteiger partial charge on any atom is -0.396 e. The van der Waals surface area contributed by atoms with Crippen LogP contribution in [-0.4, -0.2) is 59.1 Å². The average Bonchev–Trinajstić information content (AvgIpc) is 2.39. The average molecular weight is 284 g/mol. The van der Waals surface area contributed by atoms with Gasteiger partial charge in [0, 0.05) is 18.7 Å². The minimum absolute atomic E-state index is 0.0926. The van der Waals surface area contributed by atoms with Gasteiger partial charge in [-0.3, -0.25) is 9.69 Å². The molecule has 0 atom stereocenters. The summed E-state index contributed by atoms with van der Waals surface area (Å²) in [7, 11) is 0. The van der Waals surface area contributed by atoms with Crippen LogP contribution in [0.3, 0.4) is 0 Å². The maximum absolute atomic E-state index is 12.4. The number of hydrogen-bond acceptors (Lipinski definition) is 3. The van der Waals surface area contributed by atoms with Crippen molar-refractivity contribution in [2.24, 2.45) is 5.41 Å². The van der Waals surface area contributed by atoms with Gasteiger partial charge in [-0.2, -0.15) is 0 Å². The van der Waals surface area contributed by atoms with Crippen molar-refractivity contribution in [1.82, 2.24) is 9.80 Å². The Morgan fingerprint density at radius 1 is 1.20 bits per heavy atom. The molecule has 0 aromatic heterocycles. The summed E-state index contributed by atoms with van der Waals surface area (Å²) < 4.78 is 0. The van der Waals surface area contributed by atoms with Gasteiger partial charge in [-0.25, -0.2) is 0 Å². The Bertz CT molecular complexity index is 294. The molecule has 118 valence electrons. The van der Waals surface area contributed by atoms with Crippen molar-refractivity contribution >= 4 is 5.91 Å². The van der Waals surface area contributed by atoms with E-state index in [0.29, 0.717) is 6.54 Å². The van der Waals surface area contributed by atoms with Crippen molar-refractivity contribution in [3.63, 3.8) is 0 Å². The van der Waals surface area contributed by atoms with Gasteiger partial charge < -0.3 is 10.0 Å². The zero-order valence-corrected chi connectivity index (χ0v) is 13.9. The summed E-state index contributed by atoms with van der Waals surface area (Å²) in [5, 5.41) is 9.55. The second-order valence-corrected chi connectivity index (χ2v) is 6.78. The molecule has 1 N–H and O–H groups in total. The van der Waals surface area contributed by atoms with Gasteiger partial charge in [0.15, 0.2) is 0 Å². The molecule has 1 fully saturated rings. The maximum atomic E-state index is 12.4. The fraction of sp³-hybridized carbons (Fsp3) is 0.938. The van der Waals surface area contributed by atoms with Gasteiger partial charge in [0.25, 0.3) is 0 Å². The van der Waals surface area contributed by atoms with Gasteiger partial charge in [0.05, 0.1) is 6.54 Å². The Hall–Kier alpha value is -0.610. The van der Waals surface area contributed by atoms with Gasteiger partial charge in [-0.05, 0) is 65.5 Å². The van der Waals surface area contributed by atoms with E-state index in [9.17, 15) is 9.90 Å². The second kappa shape index (κ2) is 7.41. The van der Waals surface area contributed by atoms with E-state index in [-0.39, 0.29) is 30.0 Å². The third-order valence-electron chi connectivity index (χ3n) is 4.76. The number of nitrogens with zero attached hydrogens (tertiary/aromatic N) is 2. The number of hydrogen-bond donors (Lipinski definition) is 1. The summed E-state index contributed by atoms with van der Waals surface area (Å²) in [6.07, 6.45) is 3.02. The van der Waals surface area contributed by atoms with Crippen molar-refractivity contribution < 1.29 is 9.90 Å². The Labute approximate surface area is 124 Å². The number of likely N-dealkylation sites (tertiary alicyclic amines) is 1. The first-order valence-corrected chi connectivity index (χ1v) is 7.99. The Balaban J connectivity index is 2.53. The third kappa shape index (κ3) is 4.19. The van der Waals surface area contributed by atoms with E-state index in [1.165, 1.54) is 0 Å². The molecule has 1 heterocycles. The topological polar surface area (TPSA) is 43.8 Å². The molecule has 1 saturated heterocycles. The van der Waals surface area contributed by atoms with E-state index in [1.807, 2.05) is 4.90 Å². The number of rotatable bonds is 6. The predicted molar refractivity (Wildman–Crippen MR) is 82.6 cm³/mol. The molecule has 20 heavy (non-hydrogen) atoms. The van der Waals surface area contributed by atoms with Crippen LogP contribution in [0.2, 0.25) is 0 Å². The molecule has 0 saturated carbocycles. The number of aliphatic hydroxyl groups is 1. The van der Waals surface area contributed by atoms with Crippen molar-refractivity contribution in [3.8, 4) is 0 Å². The normalized spacial score (nSPS) is 19.6. The monoisotopic (exact) mass is 284 g/mol. The van der Waals surface area contributed by atoms with Crippen LogP contribution in [0.4, 0.5) is 0 Å². The molecule has 0 aromatic carbocycles. The first-order valence-electron chi connectivity index (χ1n) is 7.99. The number of carbonyl (C=O) groups excluding carboxylic acids is 1. The standard InChI is InChI=1S/C16H32N2O2/c1-6-16(12-19)7-9-17(10-8-16)11-15(20)18(13(2)3)14(4)5/h13-14,19H,6-12H2,1-5H3. The summed E-state index contributed by atoms with van der Waals surface area (Å²) in [5.74, 6) is 0.225. The molecule has 1 aliphatic heterocycles. The van der Waals surface area contributed by atoms with Crippen LogP contribution in [-0.2, 0) is 4.79 Å². The quantitative estimate of drug-likeness (QED) is 0.812. The molecule has 0 spiro atoms. The highest BCUT2D eigenvalue weighted by Crippen LogP contribution is 2.34. The largest absolute Gasteiger partial charge is 0.396 e. The highest BCUT2D eigenvalue weighted by molar-refractivity contribution is 5.78. The molecule has 4 heteroatoms. The van der Waals surface area contributed by atoms with Crippen molar-refractivity contribution in [2.45, 2.75) is 66.0 Å². The van der Waals surface area contributed by atoms with Crippen LogP contribution in [0.15, 0.2) is 0 Å². The minimum atomic E-state index is 0.0926. The molecule has 4 nitrogen and oxygen atoms in total. The number of amides is 1. The van der Waals surface area contributed by atoms with E-state index in [4.69, 9.17) is 0 Å². The summed E-state index contributed by atoms with van der Waals surface area (Å²) in [6.45, 7) is 13.1. The van der Waals surface area contributed by atoms with Crippen LogP contribution >= 0.6 is 0 Å². The fourth-order valence-corrected chi connectivity index (χ4v) is 3.25. The third-order valence-corrected chi connectivity index (χ3v) is 4.76. The van der Waals surface area contributed by atoms with Crippen LogP contribution in [0, 0.1) is 5.41 Å². The first kappa shape index (κ1) is 17.4. The van der Waals surface area contributed by atoms with Crippen LogP contribution in [0.5, 0.6) is 0 Å². The van der Waals surface area contributed by atoms with E-state index >= 15 is 0 Å². The molecule has 0 aromatic rings. The van der Waals surface area contributed by atoms with Crippen molar-refractivity contribution in [1.29, 1.82) is 0 Å². The highest BCUT2D eigenvalue weighted by Gasteiger charge is 2.33. The summed E-state index contributed by atoms with van der Waals surface area (Å²) in [6, 6.07) is 0.499. The lowest BCUT2D eigenvalue weighted by molar-refractivity contribution is -0.136. The lowest BCUT2D eigenvalue weighted by Crippen LogP contribution is -2.50. The molecule has 0 bridgehead atoms. The van der Waals surface area contributed by atoms with Gasteiger partial charge >= 0.3 is 0 Å². The second-order valence-electron chi connectivity index (χ2n) is 6.78. The molecular weight excluding hydrogens is 252 g/mol. The first-order chi connectivity index (χ1) is 9.35. The fourth-order valence-electron chi connectivity index (χ4n) is 3.25. The van der Waals surface area contributed by atoms with Crippen LogP contribution < -0.4 is 0 Å². The van der Waals surface area contributed by atoms with E-state index < -0.39 is 0 Å². The number of aliphatic hydroxyl groups excluding tert-OH is 1. The van der Waals surface area contributed by atoms with Crippen LogP contribution in [0.25, 0.3) is 0 Å². The van der Waals surface area contributed by atoms with Gasteiger partial charge in [-0.15, -0.1) is 0 Å². The zero-order chi connectivity index (χ0) is 15.3. The summed E-state index contributed by atoms with van der Waals surface area (Å²) in [4.78, 5) is 16.6. The van der Waals surface area contributed by atoms with E-state index in [1.54, 1.807) is 0 Å². The smallest absolute Gasteiger partial charge is 0.237 e. The Morgan fingerprint density at radius 2 is 1.70 bits per heavy atom. The Kier molecular flexibility index (Phi) is 6.46. The van der Waals surface area contributed by atoms with Gasteiger partial charge in [0.1, 0.15) is 0 Å². The van der Waals surface area contributed by atoms with Crippen molar-refractivity contribution in [3.05, 3.63) is 0 Å². The summed E-state index contributed by atoms with van der Waals surface area (Å²) in [5.41, 5.74) is 0.0926. The molecule has 1 rings (SSSR count). The molecule has 0 radical (unpaired) electrons. The van der Waals surface area contributed by atoms with Crippen molar-refractivity contribution in [2.75, 3.05) is 26.2 Å². The zero-order valence-electron chi connectivity index (χ0n) is 13.9. The molecule has 0 unspecified atom stereocenters. The lowest BCUT2D eigenvalue weighted by atomic mass is 9.77. The Morgan fingerprint density at radius 3 is 2.05 bits per heavy atom. The van der Waals surface area contributed by atoms with E-state index in [2.05, 4.69) is 39.5 Å². The van der Waals surface area contributed by atoms with Gasteiger partial charge in [-0.1, -0.05) is 6.92 Å². The molecule has 0 aliphatic carbocycles. The van der Waals surface area contributed by atoms with Gasteiger partial charge in [0.2, 0.25) is 5.91 Å². The molecular formula is C16H32N2O2.